The van der Waals surface area contributed by atoms with Gasteiger partial charge in [0.2, 0.25) is 0 Å². The van der Waals surface area contributed by atoms with Gasteiger partial charge in [0.05, 0.1) is 0 Å². The molecule has 2 rings (SSSR count). The van der Waals surface area contributed by atoms with Gasteiger partial charge in [0.15, 0.2) is 0 Å². The molecule has 0 aromatic heterocycles. The van der Waals surface area contributed by atoms with Gasteiger partial charge in [0.25, 0.3) is 0 Å². The molecule has 1 unspecified atom stereocenters. The quantitative estimate of drug-likeness (QED) is 0.897. The Kier molecular flexibility index (Phi) is 4.37. The largest absolute Gasteiger partial charge is 0.396 e. The Labute approximate surface area is 106 Å². The van der Waals surface area contributed by atoms with Gasteiger partial charge in [-0.3, -0.25) is 4.90 Å². The minimum Gasteiger partial charge on any atom is -0.396 e. The number of hydrogen-bond acceptors (Lipinski definition) is 2. The fraction of sp³-hybridized carbons (Fsp3) is 0.538. The normalized spacial score (nSPS) is 21.0. The van der Waals surface area contributed by atoms with Crippen LogP contribution >= 0.6 is 11.6 Å². The van der Waals surface area contributed by atoms with Gasteiger partial charge in [-0.1, -0.05) is 17.7 Å². The van der Waals surface area contributed by atoms with Crippen molar-refractivity contribution < 1.29 is 9.50 Å². The summed E-state index contributed by atoms with van der Waals surface area (Å²) in [6.07, 6.45) is 1.91. The SMILES string of the molecule is OCCC1CCN(Cc2c(F)cccc2Cl)C1. The van der Waals surface area contributed by atoms with E-state index in [1.807, 2.05) is 0 Å². The topological polar surface area (TPSA) is 23.5 Å². The first kappa shape index (κ1) is 12.8. The van der Waals surface area contributed by atoms with Gasteiger partial charge in [-0.15, -0.1) is 0 Å². The first-order valence-corrected chi connectivity index (χ1v) is 6.34. The van der Waals surface area contributed by atoms with Crippen molar-refractivity contribution in [2.24, 2.45) is 5.92 Å². The van der Waals surface area contributed by atoms with E-state index in [1.54, 1.807) is 12.1 Å². The molecule has 0 radical (unpaired) electrons. The van der Waals surface area contributed by atoms with Crippen molar-refractivity contribution in [1.29, 1.82) is 0 Å². The standard InChI is InChI=1S/C13H17ClFNO/c14-12-2-1-3-13(15)11(12)9-16-6-4-10(8-16)5-7-17/h1-3,10,17H,4-9H2. The van der Waals surface area contributed by atoms with E-state index < -0.39 is 0 Å². The predicted octanol–water partition coefficient (Wildman–Crippen LogP) is 2.68. The summed E-state index contributed by atoms with van der Waals surface area (Å²) < 4.78 is 13.6. The molecule has 1 heterocycles. The van der Waals surface area contributed by atoms with Gasteiger partial charge in [0.1, 0.15) is 5.82 Å². The third-order valence-electron chi connectivity index (χ3n) is 3.35. The van der Waals surface area contributed by atoms with Crippen LogP contribution in [-0.4, -0.2) is 29.7 Å². The van der Waals surface area contributed by atoms with Crippen molar-refractivity contribution in [3.8, 4) is 0 Å². The number of aliphatic hydroxyl groups is 1. The molecule has 2 nitrogen and oxygen atoms in total. The summed E-state index contributed by atoms with van der Waals surface area (Å²) >= 11 is 6.00. The minimum absolute atomic E-state index is 0.233. The highest BCUT2D eigenvalue weighted by molar-refractivity contribution is 6.31. The van der Waals surface area contributed by atoms with Crippen LogP contribution in [0.2, 0.25) is 5.02 Å². The molecule has 0 aliphatic carbocycles. The van der Waals surface area contributed by atoms with Crippen LogP contribution in [0.15, 0.2) is 18.2 Å². The van der Waals surface area contributed by atoms with Gasteiger partial charge in [0, 0.05) is 30.3 Å². The number of rotatable bonds is 4. The summed E-state index contributed by atoms with van der Waals surface area (Å²) in [5.41, 5.74) is 0.582. The summed E-state index contributed by atoms with van der Waals surface area (Å²) in [7, 11) is 0. The molecule has 0 bridgehead atoms. The molecule has 17 heavy (non-hydrogen) atoms. The molecule has 1 aliphatic rings. The second-order valence-electron chi connectivity index (χ2n) is 4.60. The monoisotopic (exact) mass is 257 g/mol. The van der Waals surface area contributed by atoms with Crippen molar-refractivity contribution in [1.82, 2.24) is 4.90 Å². The molecule has 1 saturated heterocycles. The highest BCUT2D eigenvalue weighted by Gasteiger charge is 2.23. The van der Waals surface area contributed by atoms with Crippen LogP contribution in [0.4, 0.5) is 4.39 Å². The second kappa shape index (κ2) is 5.80. The Balaban J connectivity index is 1.98. The summed E-state index contributed by atoms with van der Waals surface area (Å²) in [4.78, 5) is 2.20. The van der Waals surface area contributed by atoms with Gasteiger partial charge in [-0.2, -0.15) is 0 Å². The molecule has 1 N–H and O–H groups in total. The van der Waals surface area contributed by atoms with Crippen LogP contribution in [0.1, 0.15) is 18.4 Å². The minimum atomic E-state index is -0.233. The zero-order valence-electron chi connectivity index (χ0n) is 9.70. The maximum absolute atomic E-state index is 13.6. The van der Waals surface area contributed by atoms with E-state index in [0.29, 0.717) is 23.0 Å². The predicted molar refractivity (Wildman–Crippen MR) is 66.5 cm³/mol. The number of likely N-dealkylation sites (tertiary alicyclic amines) is 1. The average Bonchev–Trinajstić information content (AvgIpc) is 2.72. The van der Waals surface area contributed by atoms with Crippen LogP contribution in [-0.2, 0) is 6.54 Å². The Morgan fingerprint density at radius 2 is 2.29 bits per heavy atom. The lowest BCUT2D eigenvalue weighted by Crippen LogP contribution is -2.21. The third-order valence-corrected chi connectivity index (χ3v) is 3.70. The summed E-state index contributed by atoms with van der Waals surface area (Å²) in [5, 5.41) is 9.39. The van der Waals surface area contributed by atoms with E-state index in [9.17, 15) is 4.39 Å². The Bertz CT molecular complexity index is 365. The van der Waals surface area contributed by atoms with Crippen LogP contribution < -0.4 is 0 Å². The van der Waals surface area contributed by atoms with Crippen LogP contribution in [0.3, 0.4) is 0 Å². The van der Waals surface area contributed by atoms with Crippen LogP contribution in [0.5, 0.6) is 0 Å². The van der Waals surface area contributed by atoms with Crippen LogP contribution in [0, 0.1) is 11.7 Å². The summed E-state index contributed by atoms with van der Waals surface area (Å²) in [6, 6.07) is 4.80. The highest BCUT2D eigenvalue weighted by Crippen LogP contribution is 2.25. The Morgan fingerprint density at radius 1 is 1.47 bits per heavy atom. The molecule has 94 valence electrons. The van der Waals surface area contributed by atoms with E-state index in [-0.39, 0.29) is 12.4 Å². The van der Waals surface area contributed by atoms with E-state index in [1.165, 1.54) is 6.07 Å². The Morgan fingerprint density at radius 3 is 3.00 bits per heavy atom. The first-order chi connectivity index (χ1) is 8.20. The molecular weight excluding hydrogens is 241 g/mol. The molecule has 0 amide bonds. The molecule has 1 aromatic rings. The smallest absolute Gasteiger partial charge is 0.129 e. The molecular formula is C13H17ClFNO. The lowest BCUT2D eigenvalue weighted by atomic mass is 10.1. The summed E-state index contributed by atoms with van der Waals surface area (Å²) in [5.74, 6) is 0.300. The van der Waals surface area contributed by atoms with E-state index >= 15 is 0 Å². The molecule has 1 aromatic carbocycles. The fourth-order valence-corrected chi connectivity index (χ4v) is 2.60. The lowest BCUT2D eigenvalue weighted by Gasteiger charge is -2.17. The van der Waals surface area contributed by atoms with E-state index in [0.717, 1.165) is 25.9 Å². The number of hydrogen-bond donors (Lipinski definition) is 1. The Hall–Kier alpha value is -0.640. The maximum Gasteiger partial charge on any atom is 0.129 e. The van der Waals surface area contributed by atoms with Crippen molar-refractivity contribution in [3.05, 3.63) is 34.6 Å². The van der Waals surface area contributed by atoms with E-state index in [2.05, 4.69) is 4.90 Å². The van der Waals surface area contributed by atoms with Crippen molar-refractivity contribution in [3.63, 3.8) is 0 Å². The molecule has 4 heteroatoms. The molecule has 0 saturated carbocycles. The van der Waals surface area contributed by atoms with E-state index in [4.69, 9.17) is 16.7 Å². The van der Waals surface area contributed by atoms with Gasteiger partial charge >= 0.3 is 0 Å². The van der Waals surface area contributed by atoms with Crippen molar-refractivity contribution in [2.75, 3.05) is 19.7 Å². The summed E-state index contributed by atoms with van der Waals surface area (Å²) in [6.45, 7) is 2.67. The first-order valence-electron chi connectivity index (χ1n) is 5.97. The van der Waals surface area contributed by atoms with Gasteiger partial charge in [-0.25, -0.2) is 4.39 Å². The number of aliphatic hydroxyl groups excluding tert-OH is 1. The van der Waals surface area contributed by atoms with Crippen LogP contribution in [0.25, 0.3) is 0 Å². The zero-order chi connectivity index (χ0) is 12.3. The average molecular weight is 258 g/mol. The number of halogens is 2. The van der Waals surface area contributed by atoms with Crippen molar-refractivity contribution >= 4 is 11.6 Å². The third kappa shape index (κ3) is 3.18. The number of benzene rings is 1. The maximum atomic E-state index is 13.6. The number of nitrogens with zero attached hydrogens (tertiary/aromatic N) is 1. The lowest BCUT2D eigenvalue weighted by molar-refractivity contribution is 0.248. The second-order valence-corrected chi connectivity index (χ2v) is 5.01. The van der Waals surface area contributed by atoms with Gasteiger partial charge in [-0.05, 0) is 37.4 Å². The zero-order valence-corrected chi connectivity index (χ0v) is 10.5. The fourth-order valence-electron chi connectivity index (χ4n) is 2.38. The molecule has 1 aliphatic heterocycles. The molecule has 1 atom stereocenters. The molecule has 0 spiro atoms. The van der Waals surface area contributed by atoms with Gasteiger partial charge < -0.3 is 5.11 Å². The highest BCUT2D eigenvalue weighted by atomic mass is 35.5. The molecule has 1 fully saturated rings. The van der Waals surface area contributed by atoms with Crippen molar-refractivity contribution in [2.45, 2.75) is 19.4 Å².